The number of hydrogen-bond donors (Lipinski definition) is 1. The van der Waals surface area contributed by atoms with Crippen molar-refractivity contribution in [1.29, 1.82) is 0 Å². The van der Waals surface area contributed by atoms with E-state index in [0.29, 0.717) is 0 Å². The largest absolute Gasteiger partial charge is 0.392 e. The first-order valence-electron chi connectivity index (χ1n) is 6.40. The monoisotopic (exact) mass is 236 g/mol. The Morgan fingerprint density at radius 2 is 1.76 bits per heavy atom. The van der Waals surface area contributed by atoms with E-state index < -0.39 is 0 Å². The molecule has 0 aromatic heterocycles. The summed E-state index contributed by atoms with van der Waals surface area (Å²) >= 11 is 0. The molecule has 0 aromatic rings. The molecule has 1 heterocycles. The summed E-state index contributed by atoms with van der Waals surface area (Å²) in [7, 11) is 0. The van der Waals surface area contributed by atoms with Crippen LogP contribution in [0.15, 0.2) is 34.9 Å². The van der Waals surface area contributed by atoms with Crippen LogP contribution in [0.4, 0.5) is 0 Å². The SMILES string of the molecule is CC(=CCO)CCC=C(C)CCC=C1COC1. The van der Waals surface area contributed by atoms with Crippen LogP contribution in [-0.2, 0) is 4.74 Å². The number of aliphatic hydroxyl groups excluding tert-OH is 1. The lowest BCUT2D eigenvalue weighted by atomic mass is 10.1. The second kappa shape index (κ2) is 8.26. The highest BCUT2D eigenvalue weighted by Crippen LogP contribution is 2.14. The van der Waals surface area contributed by atoms with Crippen molar-refractivity contribution >= 4 is 0 Å². The summed E-state index contributed by atoms with van der Waals surface area (Å²) in [5.41, 5.74) is 4.17. The summed E-state index contributed by atoms with van der Waals surface area (Å²) in [5, 5.41) is 8.73. The average Bonchev–Trinajstić information content (AvgIpc) is 2.22. The van der Waals surface area contributed by atoms with Gasteiger partial charge in [-0.1, -0.05) is 29.4 Å². The van der Waals surface area contributed by atoms with Crippen LogP contribution in [0.3, 0.4) is 0 Å². The molecule has 0 spiro atoms. The summed E-state index contributed by atoms with van der Waals surface area (Å²) in [6.45, 7) is 6.10. The normalized spacial score (nSPS) is 17.0. The minimum absolute atomic E-state index is 0.157. The summed E-state index contributed by atoms with van der Waals surface area (Å²) in [4.78, 5) is 0. The molecule has 96 valence electrons. The highest BCUT2D eigenvalue weighted by molar-refractivity contribution is 5.10. The van der Waals surface area contributed by atoms with Gasteiger partial charge < -0.3 is 9.84 Å². The number of hydrogen-bond acceptors (Lipinski definition) is 2. The van der Waals surface area contributed by atoms with Crippen LogP contribution in [0.2, 0.25) is 0 Å². The minimum Gasteiger partial charge on any atom is -0.392 e. The quantitative estimate of drug-likeness (QED) is 0.687. The Bertz CT molecular complexity index is 305. The molecule has 0 radical (unpaired) electrons. The summed E-state index contributed by atoms with van der Waals surface area (Å²) in [6, 6.07) is 0. The van der Waals surface area contributed by atoms with Crippen LogP contribution in [-0.4, -0.2) is 24.9 Å². The Hall–Kier alpha value is -0.860. The molecule has 1 aliphatic rings. The van der Waals surface area contributed by atoms with E-state index in [1.165, 1.54) is 16.7 Å². The van der Waals surface area contributed by atoms with Gasteiger partial charge in [-0.2, -0.15) is 0 Å². The lowest BCUT2D eigenvalue weighted by molar-refractivity contribution is 0.102. The fourth-order valence-electron chi connectivity index (χ4n) is 1.75. The number of allylic oxidation sites excluding steroid dienone is 4. The molecule has 1 aliphatic heterocycles. The summed E-state index contributed by atoms with van der Waals surface area (Å²) in [6.07, 6.45) is 10.9. The van der Waals surface area contributed by atoms with Gasteiger partial charge in [-0.3, -0.25) is 0 Å². The van der Waals surface area contributed by atoms with Gasteiger partial charge in [0.2, 0.25) is 0 Å². The molecule has 0 atom stereocenters. The van der Waals surface area contributed by atoms with Crippen LogP contribution < -0.4 is 0 Å². The lowest BCUT2D eigenvalue weighted by Gasteiger charge is -2.17. The van der Waals surface area contributed by atoms with Crippen molar-refractivity contribution in [3.05, 3.63) is 34.9 Å². The smallest absolute Gasteiger partial charge is 0.0703 e. The molecule has 1 N–H and O–H groups in total. The van der Waals surface area contributed by atoms with E-state index in [1.54, 1.807) is 0 Å². The predicted octanol–water partition coefficient (Wildman–Crippen LogP) is 3.39. The van der Waals surface area contributed by atoms with Crippen molar-refractivity contribution in [3.63, 3.8) is 0 Å². The molecule has 0 aliphatic carbocycles. The second-order valence-electron chi connectivity index (χ2n) is 4.72. The highest BCUT2D eigenvalue weighted by atomic mass is 16.5. The van der Waals surface area contributed by atoms with E-state index in [4.69, 9.17) is 9.84 Å². The molecule has 0 saturated carbocycles. The van der Waals surface area contributed by atoms with Gasteiger partial charge in [-0.05, 0) is 45.1 Å². The molecule has 2 heteroatoms. The zero-order valence-corrected chi connectivity index (χ0v) is 11.0. The van der Waals surface area contributed by atoms with Crippen LogP contribution in [0, 0.1) is 0 Å². The fourth-order valence-corrected chi connectivity index (χ4v) is 1.75. The van der Waals surface area contributed by atoms with Crippen molar-refractivity contribution in [1.82, 2.24) is 0 Å². The number of rotatable bonds is 7. The first-order valence-corrected chi connectivity index (χ1v) is 6.40. The third-order valence-electron chi connectivity index (χ3n) is 3.02. The fraction of sp³-hybridized carbons (Fsp3) is 0.600. The van der Waals surface area contributed by atoms with Gasteiger partial charge >= 0.3 is 0 Å². The van der Waals surface area contributed by atoms with Crippen LogP contribution in [0.5, 0.6) is 0 Å². The van der Waals surface area contributed by atoms with E-state index in [1.807, 2.05) is 6.08 Å². The molecule has 0 bridgehead atoms. The number of aliphatic hydroxyl groups is 1. The van der Waals surface area contributed by atoms with E-state index in [0.717, 1.165) is 38.9 Å². The Morgan fingerprint density at radius 1 is 1.12 bits per heavy atom. The van der Waals surface area contributed by atoms with Gasteiger partial charge in [0.15, 0.2) is 0 Å². The topological polar surface area (TPSA) is 29.5 Å². The maximum absolute atomic E-state index is 8.73. The molecular weight excluding hydrogens is 212 g/mol. The first-order chi connectivity index (χ1) is 8.22. The van der Waals surface area contributed by atoms with Gasteiger partial charge in [0.25, 0.3) is 0 Å². The minimum atomic E-state index is 0.157. The van der Waals surface area contributed by atoms with Crippen molar-refractivity contribution in [2.24, 2.45) is 0 Å². The Balaban J connectivity index is 2.13. The van der Waals surface area contributed by atoms with Gasteiger partial charge in [-0.15, -0.1) is 0 Å². The van der Waals surface area contributed by atoms with E-state index in [9.17, 15) is 0 Å². The summed E-state index contributed by atoms with van der Waals surface area (Å²) < 4.78 is 5.10. The van der Waals surface area contributed by atoms with Crippen LogP contribution >= 0.6 is 0 Å². The van der Waals surface area contributed by atoms with E-state index in [-0.39, 0.29) is 6.61 Å². The third kappa shape index (κ3) is 6.44. The maximum atomic E-state index is 8.73. The Kier molecular flexibility index (Phi) is 6.90. The predicted molar refractivity (Wildman–Crippen MR) is 72.0 cm³/mol. The second-order valence-corrected chi connectivity index (χ2v) is 4.72. The molecule has 1 saturated heterocycles. The Morgan fingerprint density at radius 3 is 2.35 bits per heavy atom. The molecule has 17 heavy (non-hydrogen) atoms. The van der Waals surface area contributed by atoms with Crippen molar-refractivity contribution in [2.45, 2.75) is 39.5 Å². The molecule has 0 amide bonds. The van der Waals surface area contributed by atoms with Crippen molar-refractivity contribution < 1.29 is 9.84 Å². The van der Waals surface area contributed by atoms with Gasteiger partial charge in [-0.25, -0.2) is 0 Å². The lowest BCUT2D eigenvalue weighted by Crippen LogP contribution is -2.15. The molecule has 1 fully saturated rings. The standard InChI is InChI=1S/C15H24O2/c1-13(5-3-6-14(2)9-10-16)7-4-8-15-11-17-12-15/h5,8-9,16H,3-4,6-7,10-12H2,1-2H3. The van der Waals surface area contributed by atoms with E-state index in [2.05, 4.69) is 26.0 Å². The van der Waals surface area contributed by atoms with Crippen molar-refractivity contribution in [2.75, 3.05) is 19.8 Å². The number of ether oxygens (including phenoxy) is 1. The zero-order chi connectivity index (χ0) is 12.5. The Labute approximate surface area is 105 Å². The van der Waals surface area contributed by atoms with Gasteiger partial charge in [0.05, 0.1) is 19.8 Å². The van der Waals surface area contributed by atoms with Crippen LogP contribution in [0.25, 0.3) is 0 Å². The maximum Gasteiger partial charge on any atom is 0.0703 e. The average molecular weight is 236 g/mol. The molecule has 2 nitrogen and oxygen atoms in total. The zero-order valence-electron chi connectivity index (χ0n) is 11.0. The summed E-state index contributed by atoms with van der Waals surface area (Å²) in [5.74, 6) is 0. The molecule has 0 aromatic carbocycles. The van der Waals surface area contributed by atoms with E-state index >= 15 is 0 Å². The molecular formula is C15H24O2. The van der Waals surface area contributed by atoms with Gasteiger partial charge in [0.1, 0.15) is 0 Å². The molecule has 1 rings (SSSR count). The van der Waals surface area contributed by atoms with Crippen molar-refractivity contribution in [3.8, 4) is 0 Å². The van der Waals surface area contributed by atoms with Gasteiger partial charge in [0, 0.05) is 0 Å². The third-order valence-corrected chi connectivity index (χ3v) is 3.02. The van der Waals surface area contributed by atoms with Crippen LogP contribution in [0.1, 0.15) is 39.5 Å². The highest BCUT2D eigenvalue weighted by Gasteiger charge is 2.06. The molecule has 0 unspecified atom stereocenters. The first kappa shape index (κ1) is 14.2.